The van der Waals surface area contributed by atoms with Gasteiger partial charge in [-0.2, -0.15) is 0 Å². The number of carbonyl (C=O) groups excluding carboxylic acids is 1. The molecule has 0 unspecified atom stereocenters. The third-order valence-corrected chi connectivity index (χ3v) is 2.46. The number of halogens is 2. The molecule has 1 amide bonds. The summed E-state index contributed by atoms with van der Waals surface area (Å²) in [6, 6.07) is 4.29. The smallest absolute Gasteiger partial charge is 0.334 e. The highest BCUT2D eigenvalue weighted by Crippen LogP contribution is 2.20. The molecule has 0 saturated heterocycles. The van der Waals surface area contributed by atoms with E-state index in [0.29, 0.717) is 5.02 Å². The molecule has 0 spiro atoms. The summed E-state index contributed by atoms with van der Waals surface area (Å²) < 4.78 is 0. The van der Waals surface area contributed by atoms with Gasteiger partial charge in [0.2, 0.25) is 0 Å². The van der Waals surface area contributed by atoms with E-state index in [0.717, 1.165) is 0 Å². The Morgan fingerprint density at radius 1 is 1.35 bits per heavy atom. The summed E-state index contributed by atoms with van der Waals surface area (Å²) in [7, 11) is 0. The molecule has 0 saturated carbocycles. The molecule has 3 N–H and O–H groups in total. The maximum atomic E-state index is 11.6. The molecule has 17 heavy (non-hydrogen) atoms. The van der Waals surface area contributed by atoms with Crippen LogP contribution >= 0.6 is 23.2 Å². The molecule has 92 valence electrons. The third kappa shape index (κ3) is 3.89. The van der Waals surface area contributed by atoms with E-state index in [1.807, 2.05) is 0 Å². The molecular weight excluding hydrogens is 269 g/mol. The van der Waals surface area contributed by atoms with E-state index in [2.05, 4.69) is 5.32 Å². The minimum Gasteiger partial charge on any atom is -0.479 e. The summed E-state index contributed by atoms with van der Waals surface area (Å²) in [6.45, 7) is -0.396. The predicted octanol–water partition coefficient (Wildman–Crippen LogP) is 1.17. The number of carbonyl (C=O) groups is 2. The van der Waals surface area contributed by atoms with Crippen molar-refractivity contribution < 1.29 is 19.8 Å². The van der Waals surface area contributed by atoms with E-state index < -0.39 is 24.5 Å². The predicted molar refractivity (Wildman–Crippen MR) is 62.4 cm³/mol. The van der Waals surface area contributed by atoms with Gasteiger partial charge >= 0.3 is 5.97 Å². The maximum Gasteiger partial charge on any atom is 0.334 e. The van der Waals surface area contributed by atoms with Crippen LogP contribution in [0.2, 0.25) is 10.0 Å². The lowest BCUT2D eigenvalue weighted by atomic mass is 10.2. The lowest BCUT2D eigenvalue weighted by molar-refractivity contribution is -0.146. The van der Waals surface area contributed by atoms with Crippen LogP contribution in [-0.2, 0) is 4.79 Å². The number of carboxylic acid groups (broad SMARTS) is 1. The number of carboxylic acids is 1. The molecule has 7 heteroatoms. The molecule has 0 aromatic heterocycles. The van der Waals surface area contributed by atoms with Crippen molar-refractivity contribution in [2.75, 3.05) is 6.54 Å². The Morgan fingerprint density at radius 3 is 2.53 bits per heavy atom. The summed E-state index contributed by atoms with van der Waals surface area (Å²) >= 11 is 11.4. The molecule has 0 aliphatic heterocycles. The number of benzene rings is 1. The van der Waals surface area contributed by atoms with E-state index in [1.165, 1.54) is 18.2 Å². The fourth-order valence-corrected chi connectivity index (χ4v) is 1.54. The monoisotopic (exact) mass is 277 g/mol. The van der Waals surface area contributed by atoms with Gasteiger partial charge in [0.25, 0.3) is 5.91 Å². The molecule has 5 nitrogen and oxygen atoms in total. The third-order valence-electron chi connectivity index (χ3n) is 1.92. The average Bonchev–Trinajstić information content (AvgIpc) is 2.25. The van der Waals surface area contributed by atoms with Gasteiger partial charge in [-0.3, -0.25) is 4.79 Å². The molecule has 0 fully saturated rings. The minimum atomic E-state index is -1.65. The fraction of sp³-hybridized carbons (Fsp3) is 0.200. The van der Waals surface area contributed by atoms with Gasteiger partial charge in [0.1, 0.15) is 0 Å². The summed E-state index contributed by atoms with van der Waals surface area (Å²) in [6.07, 6.45) is -1.65. The number of hydrogen-bond donors (Lipinski definition) is 3. The van der Waals surface area contributed by atoms with Crippen LogP contribution < -0.4 is 5.32 Å². The number of hydrogen-bond acceptors (Lipinski definition) is 3. The van der Waals surface area contributed by atoms with Gasteiger partial charge in [-0.1, -0.05) is 23.2 Å². The Morgan fingerprint density at radius 2 is 2.00 bits per heavy atom. The average molecular weight is 278 g/mol. The summed E-state index contributed by atoms with van der Waals surface area (Å²) in [4.78, 5) is 21.9. The second-order valence-electron chi connectivity index (χ2n) is 3.19. The molecule has 1 atom stereocenters. The van der Waals surface area contributed by atoms with Crippen molar-refractivity contribution in [1.29, 1.82) is 0 Å². The first-order valence-electron chi connectivity index (χ1n) is 4.56. The number of aliphatic hydroxyl groups excluding tert-OH is 1. The zero-order chi connectivity index (χ0) is 13.0. The van der Waals surface area contributed by atoms with Crippen LogP contribution in [0.3, 0.4) is 0 Å². The molecule has 1 aromatic rings. The van der Waals surface area contributed by atoms with Gasteiger partial charge < -0.3 is 15.5 Å². The van der Waals surface area contributed by atoms with Gasteiger partial charge in [-0.15, -0.1) is 0 Å². The molecule has 1 rings (SSSR count). The van der Waals surface area contributed by atoms with E-state index in [-0.39, 0.29) is 10.6 Å². The second-order valence-corrected chi connectivity index (χ2v) is 4.03. The molecule has 0 aliphatic rings. The number of aliphatic carboxylic acids is 1. The lowest BCUT2D eigenvalue weighted by Crippen LogP contribution is -2.36. The van der Waals surface area contributed by atoms with Crippen LogP contribution in [0, 0.1) is 0 Å². The van der Waals surface area contributed by atoms with E-state index >= 15 is 0 Å². The van der Waals surface area contributed by atoms with Crippen molar-refractivity contribution in [3.05, 3.63) is 33.8 Å². The van der Waals surface area contributed by atoms with Crippen LogP contribution in [0.1, 0.15) is 10.4 Å². The summed E-state index contributed by atoms with van der Waals surface area (Å²) in [5.41, 5.74) is 0.161. The molecule has 0 heterocycles. The van der Waals surface area contributed by atoms with Crippen molar-refractivity contribution in [1.82, 2.24) is 5.32 Å². The standard InChI is InChI=1S/C10H9Cl2NO4/c11-5-1-2-6(7(12)3-5)9(15)13-4-8(14)10(16)17/h1-3,8,14H,4H2,(H,13,15)(H,16,17)/t8-/m0/s1. The van der Waals surface area contributed by atoms with E-state index in [9.17, 15) is 9.59 Å². The first kappa shape index (κ1) is 13.8. The Balaban J connectivity index is 2.67. The number of amides is 1. The normalized spacial score (nSPS) is 11.9. The fourth-order valence-electron chi connectivity index (χ4n) is 1.05. The van der Waals surface area contributed by atoms with Crippen molar-refractivity contribution in [2.24, 2.45) is 0 Å². The molecule has 0 aliphatic carbocycles. The minimum absolute atomic E-state index is 0.153. The van der Waals surface area contributed by atoms with Crippen LogP contribution in [-0.4, -0.2) is 34.7 Å². The van der Waals surface area contributed by atoms with Gasteiger partial charge in [0.05, 0.1) is 17.1 Å². The zero-order valence-corrected chi connectivity index (χ0v) is 10.00. The zero-order valence-electron chi connectivity index (χ0n) is 8.48. The first-order valence-corrected chi connectivity index (χ1v) is 5.31. The maximum absolute atomic E-state index is 11.6. The molecular formula is C10H9Cl2NO4. The van der Waals surface area contributed by atoms with Gasteiger partial charge in [-0.25, -0.2) is 4.79 Å². The number of nitrogens with one attached hydrogen (secondary N) is 1. The van der Waals surface area contributed by atoms with Crippen LogP contribution in [0.4, 0.5) is 0 Å². The molecule has 0 bridgehead atoms. The Bertz CT molecular complexity index is 450. The highest BCUT2D eigenvalue weighted by molar-refractivity contribution is 6.36. The van der Waals surface area contributed by atoms with Crippen LogP contribution in [0.5, 0.6) is 0 Å². The van der Waals surface area contributed by atoms with Crippen molar-refractivity contribution in [3.8, 4) is 0 Å². The number of aliphatic hydroxyl groups is 1. The lowest BCUT2D eigenvalue weighted by Gasteiger charge is -2.08. The Labute approximate surface area is 107 Å². The highest BCUT2D eigenvalue weighted by atomic mass is 35.5. The van der Waals surface area contributed by atoms with Crippen molar-refractivity contribution >= 4 is 35.1 Å². The molecule has 1 aromatic carbocycles. The molecule has 0 radical (unpaired) electrons. The highest BCUT2D eigenvalue weighted by Gasteiger charge is 2.16. The van der Waals surface area contributed by atoms with Gasteiger partial charge in [0, 0.05) is 5.02 Å². The summed E-state index contributed by atoms with van der Waals surface area (Å²) in [5.74, 6) is -1.99. The van der Waals surface area contributed by atoms with Crippen molar-refractivity contribution in [3.63, 3.8) is 0 Å². The van der Waals surface area contributed by atoms with Gasteiger partial charge in [0.15, 0.2) is 6.10 Å². The largest absolute Gasteiger partial charge is 0.479 e. The quantitative estimate of drug-likeness (QED) is 0.771. The van der Waals surface area contributed by atoms with E-state index in [4.69, 9.17) is 33.4 Å². The number of rotatable bonds is 4. The Hall–Kier alpha value is -1.30. The van der Waals surface area contributed by atoms with Gasteiger partial charge in [-0.05, 0) is 18.2 Å². The summed E-state index contributed by atoms with van der Waals surface area (Å²) in [5, 5.41) is 20.2. The van der Waals surface area contributed by atoms with Crippen LogP contribution in [0.25, 0.3) is 0 Å². The Kier molecular flexibility index (Phi) is 4.74. The van der Waals surface area contributed by atoms with Crippen molar-refractivity contribution in [2.45, 2.75) is 6.10 Å². The topological polar surface area (TPSA) is 86.6 Å². The van der Waals surface area contributed by atoms with Crippen LogP contribution in [0.15, 0.2) is 18.2 Å². The SMILES string of the molecule is O=C(NC[C@H](O)C(=O)O)c1ccc(Cl)cc1Cl. The first-order chi connectivity index (χ1) is 7.91. The second kappa shape index (κ2) is 5.86. The van der Waals surface area contributed by atoms with E-state index in [1.54, 1.807) is 0 Å².